The third-order valence-electron chi connectivity index (χ3n) is 2.46. The molecule has 0 saturated heterocycles. The molecule has 0 saturated carbocycles. The highest BCUT2D eigenvalue weighted by molar-refractivity contribution is 7.15. The first kappa shape index (κ1) is 16.8. The monoisotopic (exact) mass is 316 g/mol. The van der Waals surface area contributed by atoms with E-state index < -0.39 is 24.0 Å². The van der Waals surface area contributed by atoms with Crippen molar-refractivity contribution in [2.24, 2.45) is 0 Å². The summed E-state index contributed by atoms with van der Waals surface area (Å²) in [6, 6.07) is -1.91. The molecule has 0 aliphatic heterocycles. The third-order valence-corrected chi connectivity index (χ3v) is 3.44. The SMILES string of the molecule is CCc1nnc(NC(=O)N[C@@H](CCC(=O)OC)C(=O)O)s1. The Morgan fingerprint density at radius 2 is 2.10 bits per heavy atom. The van der Waals surface area contributed by atoms with E-state index in [4.69, 9.17) is 5.11 Å². The number of aromatic nitrogens is 2. The number of carboxylic acids is 1. The summed E-state index contributed by atoms with van der Waals surface area (Å²) in [5.41, 5.74) is 0. The maximum absolute atomic E-state index is 11.7. The molecule has 116 valence electrons. The smallest absolute Gasteiger partial charge is 0.326 e. The molecular weight excluding hydrogens is 300 g/mol. The summed E-state index contributed by atoms with van der Waals surface area (Å²) in [5.74, 6) is -1.78. The summed E-state index contributed by atoms with van der Waals surface area (Å²) in [4.78, 5) is 33.7. The highest BCUT2D eigenvalue weighted by atomic mass is 32.1. The zero-order valence-electron chi connectivity index (χ0n) is 11.6. The number of hydrogen-bond acceptors (Lipinski definition) is 7. The van der Waals surface area contributed by atoms with Crippen molar-refractivity contribution >= 4 is 34.4 Å². The Bertz CT molecular complexity index is 518. The van der Waals surface area contributed by atoms with Gasteiger partial charge in [0.15, 0.2) is 0 Å². The molecule has 0 spiro atoms. The van der Waals surface area contributed by atoms with Gasteiger partial charge >= 0.3 is 18.0 Å². The molecule has 0 aliphatic carbocycles. The lowest BCUT2D eigenvalue weighted by molar-refractivity contribution is -0.142. The van der Waals surface area contributed by atoms with E-state index in [-0.39, 0.29) is 18.0 Å². The van der Waals surface area contributed by atoms with E-state index in [1.807, 2.05) is 6.92 Å². The van der Waals surface area contributed by atoms with E-state index in [2.05, 4.69) is 25.6 Å². The first-order valence-corrected chi connectivity index (χ1v) is 6.97. The van der Waals surface area contributed by atoms with Crippen molar-refractivity contribution in [3.8, 4) is 0 Å². The van der Waals surface area contributed by atoms with E-state index in [1.54, 1.807) is 0 Å². The number of methoxy groups -OCH3 is 1. The number of anilines is 1. The predicted molar refractivity (Wildman–Crippen MR) is 74.1 cm³/mol. The summed E-state index contributed by atoms with van der Waals surface area (Å²) >= 11 is 1.20. The first-order valence-electron chi connectivity index (χ1n) is 6.15. The second-order valence-electron chi connectivity index (χ2n) is 3.96. The number of rotatable bonds is 7. The van der Waals surface area contributed by atoms with Crippen LogP contribution in [-0.2, 0) is 20.7 Å². The number of carbonyl (C=O) groups excluding carboxylic acids is 2. The van der Waals surface area contributed by atoms with Crippen LogP contribution in [0.25, 0.3) is 0 Å². The molecule has 0 unspecified atom stereocenters. The second kappa shape index (κ2) is 8.15. The Labute approximate surface area is 124 Å². The minimum absolute atomic E-state index is 0.0637. The van der Waals surface area contributed by atoms with E-state index >= 15 is 0 Å². The maximum Gasteiger partial charge on any atom is 0.326 e. The molecule has 0 aromatic carbocycles. The third kappa shape index (κ3) is 5.73. The van der Waals surface area contributed by atoms with Crippen LogP contribution in [0.5, 0.6) is 0 Å². The average molecular weight is 316 g/mol. The summed E-state index contributed by atoms with van der Waals surface area (Å²) in [7, 11) is 1.21. The highest BCUT2D eigenvalue weighted by Crippen LogP contribution is 2.15. The van der Waals surface area contributed by atoms with Gasteiger partial charge in [-0.25, -0.2) is 9.59 Å². The van der Waals surface area contributed by atoms with Gasteiger partial charge in [-0.15, -0.1) is 10.2 Å². The van der Waals surface area contributed by atoms with Gasteiger partial charge in [-0.3, -0.25) is 10.1 Å². The lowest BCUT2D eigenvalue weighted by atomic mass is 10.1. The molecule has 1 heterocycles. The van der Waals surface area contributed by atoms with Crippen LogP contribution in [0, 0.1) is 0 Å². The maximum atomic E-state index is 11.7. The zero-order valence-corrected chi connectivity index (χ0v) is 12.4. The number of nitrogens with zero attached hydrogens (tertiary/aromatic N) is 2. The standard InChI is InChI=1S/C11H16N4O5S/c1-3-7-14-15-11(21-7)13-10(19)12-6(9(17)18)4-5-8(16)20-2/h6H,3-5H2,1-2H3,(H,17,18)(H2,12,13,15,19)/t6-/m0/s1. The van der Waals surface area contributed by atoms with Crippen LogP contribution >= 0.6 is 11.3 Å². The van der Waals surface area contributed by atoms with Gasteiger partial charge < -0.3 is 15.2 Å². The van der Waals surface area contributed by atoms with Crippen molar-refractivity contribution < 1.29 is 24.2 Å². The Kier molecular flexibility index (Phi) is 6.53. The van der Waals surface area contributed by atoms with Crippen molar-refractivity contribution in [1.29, 1.82) is 0 Å². The van der Waals surface area contributed by atoms with Crippen LogP contribution in [0.1, 0.15) is 24.8 Å². The Morgan fingerprint density at radius 1 is 1.38 bits per heavy atom. The van der Waals surface area contributed by atoms with Gasteiger partial charge in [-0.1, -0.05) is 18.3 Å². The number of carboxylic acid groups (broad SMARTS) is 1. The molecule has 0 radical (unpaired) electrons. The van der Waals surface area contributed by atoms with Gasteiger partial charge in [-0.05, 0) is 12.8 Å². The molecular formula is C11H16N4O5S. The number of hydrogen-bond donors (Lipinski definition) is 3. The lowest BCUT2D eigenvalue weighted by Crippen LogP contribution is -2.43. The molecule has 0 fully saturated rings. The molecule has 1 rings (SSSR count). The van der Waals surface area contributed by atoms with E-state index in [0.717, 1.165) is 5.01 Å². The van der Waals surface area contributed by atoms with Crippen LogP contribution in [0.3, 0.4) is 0 Å². The number of aryl methyl sites for hydroxylation is 1. The van der Waals surface area contributed by atoms with Crippen LogP contribution in [-0.4, -0.2) is 46.4 Å². The number of aliphatic carboxylic acids is 1. The minimum Gasteiger partial charge on any atom is -0.480 e. The minimum atomic E-state index is -1.24. The van der Waals surface area contributed by atoms with Gasteiger partial charge in [0.25, 0.3) is 0 Å². The second-order valence-corrected chi connectivity index (χ2v) is 5.02. The largest absolute Gasteiger partial charge is 0.480 e. The average Bonchev–Trinajstić information content (AvgIpc) is 2.90. The molecule has 1 atom stereocenters. The molecule has 9 nitrogen and oxygen atoms in total. The van der Waals surface area contributed by atoms with E-state index in [9.17, 15) is 14.4 Å². The van der Waals surface area contributed by atoms with Gasteiger partial charge in [0.2, 0.25) is 5.13 Å². The summed E-state index contributed by atoms with van der Waals surface area (Å²) in [6.45, 7) is 1.90. The summed E-state index contributed by atoms with van der Waals surface area (Å²) < 4.78 is 4.42. The van der Waals surface area contributed by atoms with Crippen molar-refractivity contribution in [2.75, 3.05) is 12.4 Å². The van der Waals surface area contributed by atoms with Gasteiger partial charge in [0.1, 0.15) is 11.0 Å². The molecule has 0 bridgehead atoms. The fourth-order valence-electron chi connectivity index (χ4n) is 1.36. The van der Waals surface area contributed by atoms with Gasteiger partial charge in [0, 0.05) is 6.42 Å². The van der Waals surface area contributed by atoms with E-state index in [1.165, 1.54) is 18.4 Å². The molecule has 10 heteroatoms. The molecule has 0 aliphatic rings. The Morgan fingerprint density at radius 3 is 2.62 bits per heavy atom. The fraction of sp³-hybridized carbons (Fsp3) is 0.545. The number of amides is 2. The molecule has 2 amide bonds. The Balaban J connectivity index is 2.51. The topological polar surface area (TPSA) is 131 Å². The normalized spacial score (nSPS) is 11.5. The Hall–Kier alpha value is -2.23. The summed E-state index contributed by atoms with van der Waals surface area (Å²) in [5, 5.41) is 22.2. The molecule has 21 heavy (non-hydrogen) atoms. The molecule has 1 aromatic heterocycles. The van der Waals surface area contributed by atoms with Gasteiger partial charge in [0.05, 0.1) is 7.11 Å². The molecule has 3 N–H and O–H groups in total. The number of esters is 1. The highest BCUT2D eigenvalue weighted by Gasteiger charge is 2.21. The van der Waals surface area contributed by atoms with Gasteiger partial charge in [-0.2, -0.15) is 0 Å². The first-order chi connectivity index (χ1) is 9.96. The van der Waals surface area contributed by atoms with Crippen LogP contribution in [0.15, 0.2) is 0 Å². The van der Waals surface area contributed by atoms with Crippen molar-refractivity contribution in [2.45, 2.75) is 32.2 Å². The van der Waals surface area contributed by atoms with Crippen LogP contribution < -0.4 is 10.6 Å². The molecule has 1 aromatic rings. The number of ether oxygens (including phenoxy) is 1. The number of urea groups is 1. The zero-order chi connectivity index (χ0) is 15.8. The summed E-state index contributed by atoms with van der Waals surface area (Å²) in [6.07, 6.45) is 0.524. The predicted octanol–water partition coefficient (Wildman–Crippen LogP) is 0.628. The number of carbonyl (C=O) groups is 3. The number of nitrogens with one attached hydrogen (secondary N) is 2. The van der Waals surface area contributed by atoms with E-state index in [0.29, 0.717) is 6.42 Å². The quantitative estimate of drug-likeness (QED) is 0.629. The van der Waals surface area contributed by atoms with Crippen LogP contribution in [0.2, 0.25) is 0 Å². The van der Waals surface area contributed by atoms with Crippen molar-refractivity contribution in [3.63, 3.8) is 0 Å². The fourth-order valence-corrected chi connectivity index (χ4v) is 2.03. The lowest BCUT2D eigenvalue weighted by Gasteiger charge is -2.13. The van der Waals surface area contributed by atoms with Crippen molar-refractivity contribution in [3.05, 3.63) is 5.01 Å². The van der Waals surface area contributed by atoms with Crippen molar-refractivity contribution in [1.82, 2.24) is 15.5 Å². The van der Waals surface area contributed by atoms with Crippen LogP contribution in [0.4, 0.5) is 9.93 Å².